The van der Waals surface area contributed by atoms with Gasteiger partial charge in [0.1, 0.15) is 0 Å². The fourth-order valence-corrected chi connectivity index (χ4v) is 2.95. The van der Waals surface area contributed by atoms with Crippen molar-refractivity contribution in [3.63, 3.8) is 0 Å². The van der Waals surface area contributed by atoms with E-state index in [1.54, 1.807) is 18.2 Å². The smallest absolute Gasteiger partial charge is 0.326 e. The van der Waals surface area contributed by atoms with Crippen LogP contribution in [0.25, 0.3) is 10.9 Å². The Bertz CT molecular complexity index is 1160. The van der Waals surface area contributed by atoms with E-state index in [2.05, 4.69) is 22.2 Å². The molecule has 3 aromatic rings. The van der Waals surface area contributed by atoms with E-state index in [-0.39, 0.29) is 24.4 Å². The molecule has 0 aliphatic heterocycles. The zero-order chi connectivity index (χ0) is 19.4. The van der Waals surface area contributed by atoms with Gasteiger partial charge in [-0.05, 0) is 24.1 Å². The molecule has 0 saturated heterocycles. The number of nitrogens with one attached hydrogen (secondary N) is 3. The number of carbonyl (C=O) groups is 1. The first-order valence-electron chi connectivity index (χ1n) is 8.72. The molecular weight excluding hydrogens is 348 g/mol. The summed E-state index contributed by atoms with van der Waals surface area (Å²) in [5.41, 5.74) is 1.000. The minimum atomic E-state index is -0.554. The van der Waals surface area contributed by atoms with Crippen molar-refractivity contribution in [1.82, 2.24) is 14.5 Å². The maximum atomic E-state index is 12.2. The Morgan fingerprint density at radius 1 is 1.07 bits per heavy atom. The molecule has 8 heteroatoms. The minimum absolute atomic E-state index is 0.0659. The number of aryl methyl sites for hydroxylation is 2. The monoisotopic (exact) mass is 368 g/mol. The average Bonchev–Trinajstić information content (AvgIpc) is 2.61. The fraction of sp³-hybridized carbons (Fsp3) is 0.263. The summed E-state index contributed by atoms with van der Waals surface area (Å²) in [5.74, 6) is -0.278. The van der Waals surface area contributed by atoms with Gasteiger partial charge in [-0.1, -0.05) is 19.4 Å². The van der Waals surface area contributed by atoms with E-state index in [1.807, 2.05) is 6.07 Å². The van der Waals surface area contributed by atoms with Gasteiger partial charge in [0, 0.05) is 42.4 Å². The van der Waals surface area contributed by atoms with Crippen molar-refractivity contribution in [3.05, 3.63) is 73.3 Å². The molecule has 0 radical (unpaired) electrons. The molecule has 0 atom stereocenters. The summed E-state index contributed by atoms with van der Waals surface area (Å²) >= 11 is 0. The molecule has 3 N–H and O–H groups in total. The molecule has 0 saturated carbocycles. The van der Waals surface area contributed by atoms with Gasteiger partial charge in [0.2, 0.25) is 11.5 Å². The van der Waals surface area contributed by atoms with Crippen molar-refractivity contribution < 1.29 is 4.79 Å². The minimum Gasteiger partial charge on any atom is -0.326 e. The zero-order valence-corrected chi connectivity index (χ0v) is 14.9. The topological polar surface area (TPSA) is 117 Å². The van der Waals surface area contributed by atoms with Crippen molar-refractivity contribution in [2.45, 2.75) is 32.7 Å². The van der Waals surface area contributed by atoms with Crippen LogP contribution in [0.15, 0.2) is 50.9 Å². The fourth-order valence-electron chi connectivity index (χ4n) is 2.95. The number of aromatic amines is 2. The maximum absolute atomic E-state index is 12.2. The Balaban J connectivity index is 1.74. The standard InChI is InChI=1S/C19H20N4O4/c1-2-3-12-10-18(26)21-15-11-13(4-5-14(12)15)20-16(24)6-8-23-9-7-17(25)22-19(23)27/h4-5,7,9-11H,2-3,6,8H2,1H3,(H,20,24)(H,21,26)(H,22,25,27). The van der Waals surface area contributed by atoms with Crippen molar-refractivity contribution >= 4 is 22.5 Å². The van der Waals surface area contributed by atoms with Crippen LogP contribution in [0.2, 0.25) is 0 Å². The molecular formula is C19H20N4O4. The van der Waals surface area contributed by atoms with Crippen molar-refractivity contribution in [1.29, 1.82) is 0 Å². The van der Waals surface area contributed by atoms with E-state index in [1.165, 1.54) is 16.8 Å². The number of hydrogen-bond donors (Lipinski definition) is 3. The molecule has 3 rings (SSSR count). The average molecular weight is 368 g/mol. The second-order valence-electron chi connectivity index (χ2n) is 6.27. The normalized spacial score (nSPS) is 10.9. The van der Waals surface area contributed by atoms with Crippen LogP contribution in [-0.2, 0) is 17.8 Å². The van der Waals surface area contributed by atoms with Gasteiger partial charge in [0.15, 0.2) is 0 Å². The SMILES string of the molecule is CCCc1cc(=O)[nH]c2cc(NC(=O)CCn3ccc(=O)[nH]c3=O)ccc12. The van der Waals surface area contributed by atoms with E-state index in [4.69, 9.17) is 0 Å². The summed E-state index contributed by atoms with van der Waals surface area (Å²) in [6.07, 6.45) is 3.15. The van der Waals surface area contributed by atoms with Gasteiger partial charge in [0.25, 0.3) is 5.56 Å². The highest BCUT2D eigenvalue weighted by Gasteiger charge is 2.07. The number of amides is 1. The lowest BCUT2D eigenvalue weighted by molar-refractivity contribution is -0.116. The third-order valence-corrected chi connectivity index (χ3v) is 4.21. The molecule has 1 amide bonds. The van der Waals surface area contributed by atoms with Crippen LogP contribution in [0.5, 0.6) is 0 Å². The Morgan fingerprint density at radius 3 is 2.63 bits per heavy atom. The molecule has 27 heavy (non-hydrogen) atoms. The van der Waals surface area contributed by atoms with Crippen LogP contribution in [0.3, 0.4) is 0 Å². The Labute approximate surface area is 153 Å². The van der Waals surface area contributed by atoms with Crippen molar-refractivity contribution in [2.24, 2.45) is 0 Å². The summed E-state index contributed by atoms with van der Waals surface area (Å²) in [7, 11) is 0. The van der Waals surface area contributed by atoms with Crippen molar-refractivity contribution in [2.75, 3.05) is 5.32 Å². The summed E-state index contributed by atoms with van der Waals surface area (Å²) in [5, 5.41) is 3.71. The summed E-state index contributed by atoms with van der Waals surface area (Å²) in [6, 6.07) is 8.21. The van der Waals surface area contributed by atoms with Gasteiger partial charge >= 0.3 is 5.69 Å². The lowest BCUT2D eigenvalue weighted by Crippen LogP contribution is -2.29. The van der Waals surface area contributed by atoms with Crippen LogP contribution >= 0.6 is 0 Å². The van der Waals surface area contributed by atoms with Gasteiger partial charge in [-0.3, -0.25) is 19.4 Å². The molecule has 0 aliphatic carbocycles. The van der Waals surface area contributed by atoms with Crippen LogP contribution in [0.4, 0.5) is 5.69 Å². The van der Waals surface area contributed by atoms with E-state index < -0.39 is 11.2 Å². The quantitative estimate of drug-likeness (QED) is 0.609. The molecule has 0 unspecified atom stereocenters. The number of aromatic nitrogens is 3. The highest BCUT2D eigenvalue weighted by Crippen LogP contribution is 2.20. The van der Waals surface area contributed by atoms with Crippen LogP contribution < -0.4 is 22.1 Å². The summed E-state index contributed by atoms with van der Waals surface area (Å²) < 4.78 is 1.26. The first kappa shape index (κ1) is 18.4. The van der Waals surface area contributed by atoms with Gasteiger partial charge in [-0.25, -0.2) is 4.79 Å². The van der Waals surface area contributed by atoms with E-state index in [0.717, 1.165) is 23.8 Å². The molecule has 0 bridgehead atoms. The third-order valence-electron chi connectivity index (χ3n) is 4.21. The van der Waals surface area contributed by atoms with Gasteiger partial charge in [-0.2, -0.15) is 0 Å². The molecule has 2 aromatic heterocycles. The molecule has 0 aliphatic rings. The van der Waals surface area contributed by atoms with E-state index >= 15 is 0 Å². The Kier molecular flexibility index (Phi) is 5.35. The number of carbonyl (C=O) groups excluding carboxylic acids is 1. The molecule has 0 spiro atoms. The first-order valence-corrected chi connectivity index (χ1v) is 8.72. The Hall–Kier alpha value is -3.42. The second kappa shape index (κ2) is 7.86. The number of nitrogens with zero attached hydrogens (tertiary/aromatic N) is 1. The number of fused-ring (bicyclic) bond motifs is 1. The van der Waals surface area contributed by atoms with E-state index in [9.17, 15) is 19.2 Å². The Morgan fingerprint density at radius 2 is 1.89 bits per heavy atom. The highest BCUT2D eigenvalue weighted by molar-refractivity contribution is 5.94. The zero-order valence-electron chi connectivity index (χ0n) is 14.9. The lowest BCUT2D eigenvalue weighted by atomic mass is 10.0. The number of anilines is 1. The molecule has 0 fully saturated rings. The van der Waals surface area contributed by atoms with Gasteiger partial charge < -0.3 is 14.9 Å². The van der Waals surface area contributed by atoms with Gasteiger partial charge in [-0.15, -0.1) is 0 Å². The number of benzene rings is 1. The third kappa shape index (κ3) is 4.41. The van der Waals surface area contributed by atoms with Crippen LogP contribution in [-0.4, -0.2) is 20.4 Å². The van der Waals surface area contributed by atoms with Crippen LogP contribution in [0.1, 0.15) is 25.3 Å². The first-order chi connectivity index (χ1) is 13.0. The maximum Gasteiger partial charge on any atom is 0.328 e. The van der Waals surface area contributed by atoms with Crippen molar-refractivity contribution in [3.8, 4) is 0 Å². The lowest BCUT2D eigenvalue weighted by Gasteiger charge is -2.09. The number of pyridine rings is 1. The van der Waals surface area contributed by atoms with Gasteiger partial charge in [0.05, 0.1) is 5.52 Å². The molecule has 140 valence electrons. The number of H-pyrrole nitrogens is 2. The molecule has 8 nitrogen and oxygen atoms in total. The molecule has 1 aromatic carbocycles. The summed E-state index contributed by atoms with van der Waals surface area (Å²) in [6.45, 7) is 2.20. The highest BCUT2D eigenvalue weighted by atomic mass is 16.2. The second-order valence-corrected chi connectivity index (χ2v) is 6.27. The number of rotatable bonds is 6. The van der Waals surface area contributed by atoms with E-state index in [0.29, 0.717) is 11.2 Å². The largest absolute Gasteiger partial charge is 0.328 e. The summed E-state index contributed by atoms with van der Waals surface area (Å²) in [4.78, 5) is 51.6. The van der Waals surface area contributed by atoms with Crippen LogP contribution in [0, 0.1) is 0 Å². The number of hydrogen-bond acceptors (Lipinski definition) is 4. The predicted molar refractivity (Wildman–Crippen MR) is 103 cm³/mol. The predicted octanol–water partition coefficient (Wildman–Crippen LogP) is 1.36. The molecule has 2 heterocycles.